The Bertz CT molecular complexity index is 1740. The molecule has 0 heterocycles. The molecule has 4 aromatic carbocycles. The highest BCUT2D eigenvalue weighted by molar-refractivity contribution is 7.92. The van der Waals surface area contributed by atoms with Gasteiger partial charge in [-0.15, -0.1) is 0 Å². The second-order valence-corrected chi connectivity index (χ2v) is 14.7. The lowest BCUT2D eigenvalue weighted by molar-refractivity contribution is -0.140. The van der Waals surface area contributed by atoms with Gasteiger partial charge >= 0.3 is 0 Å². The molecule has 1 fully saturated rings. The number of aryl methyl sites for hydroxylation is 2. The van der Waals surface area contributed by atoms with Gasteiger partial charge in [0.05, 0.1) is 10.6 Å². The van der Waals surface area contributed by atoms with Crippen LogP contribution in [0.25, 0.3) is 0 Å². The number of nitrogens with one attached hydrogen (secondary N) is 1. The van der Waals surface area contributed by atoms with E-state index in [1.54, 1.807) is 48.5 Å². The number of anilines is 1. The molecule has 1 atom stereocenters. The Morgan fingerprint density at radius 2 is 1.38 bits per heavy atom. The molecule has 9 heteroatoms. The first-order chi connectivity index (χ1) is 22.6. The molecule has 47 heavy (non-hydrogen) atoms. The van der Waals surface area contributed by atoms with E-state index in [0.29, 0.717) is 10.7 Å². The zero-order chi connectivity index (χ0) is 33.4. The van der Waals surface area contributed by atoms with Gasteiger partial charge in [0, 0.05) is 24.0 Å². The number of benzene rings is 4. The van der Waals surface area contributed by atoms with Crippen LogP contribution < -0.4 is 9.62 Å². The van der Waals surface area contributed by atoms with E-state index in [2.05, 4.69) is 5.32 Å². The van der Waals surface area contributed by atoms with Crippen LogP contribution in [-0.4, -0.2) is 43.8 Å². The van der Waals surface area contributed by atoms with E-state index in [4.69, 9.17) is 11.6 Å². The van der Waals surface area contributed by atoms with Crippen molar-refractivity contribution >= 4 is 39.1 Å². The standard InChI is InChI=1S/C38H42ClN3O4S/c1-28-13-21-34(22-14-28)42(47(45,46)35-23-15-29(2)16-24-35)27-37(43)41(26-31-17-19-32(39)20-18-31)36(25-30-9-5-3-6-10-30)38(44)40-33-11-7-4-8-12-33/h3,5-6,9-10,13-24,33,36H,4,7-8,11-12,25-27H2,1-2H3,(H,40,44)/t36-/m0/s1. The van der Waals surface area contributed by atoms with Crippen LogP contribution in [0.5, 0.6) is 0 Å². The van der Waals surface area contributed by atoms with Crippen molar-refractivity contribution in [3.8, 4) is 0 Å². The summed E-state index contributed by atoms with van der Waals surface area (Å²) >= 11 is 6.19. The van der Waals surface area contributed by atoms with Gasteiger partial charge in [0.25, 0.3) is 10.0 Å². The molecule has 7 nitrogen and oxygen atoms in total. The third-order valence-electron chi connectivity index (χ3n) is 8.70. The summed E-state index contributed by atoms with van der Waals surface area (Å²) in [6, 6.07) is 29.5. The van der Waals surface area contributed by atoms with E-state index < -0.39 is 28.5 Å². The van der Waals surface area contributed by atoms with E-state index in [-0.39, 0.29) is 29.8 Å². The minimum absolute atomic E-state index is 0.0352. The number of hydrogen-bond acceptors (Lipinski definition) is 4. The zero-order valence-corrected chi connectivity index (χ0v) is 28.5. The van der Waals surface area contributed by atoms with Gasteiger partial charge in [0.15, 0.2) is 0 Å². The fourth-order valence-corrected chi connectivity index (χ4v) is 7.50. The van der Waals surface area contributed by atoms with Gasteiger partial charge in [0.1, 0.15) is 12.6 Å². The Labute approximate surface area is 283 Å². The number of hydrogen-bond donors (Lipinski definition) is 1. The Morgan fingerprint density at radius 3 is 2.00 bits per heavy atom. The Hall–Kier alpha value is -4.14. The summed E-state index contributed by atoms with van der Waals surface area (Å²) in [7, 11) is -4.15. The van der Waals surface area contributed by atoms with Crippen LogP contribution in [0, 0.1) is 13.8 Å². The van der Waals surface area contributed by atoms with Crippen LogP contribution in [0.3, 0.4) is 0 Å². The average molecular weight is 672 g/mol. The summed E-state index contributed by atoms with van der Waals surface area (Å²) < 4.78 is 29.5. The predicted molar refractivity (Wildman–Crippen MR) is 188 cm³/mol. The first kappa shape index (κ1) is 34.2. The molecule has 0 aromatic heterocycles. The van der Waals surface area contributed by atoms with Gasteiger partial charge in [-0.05, 0) is 74.2 Å². The van der Waals surface area contributed by atoms with Crippen molar-refractivity contribution in [1.82, 2.24) is 10.2 Å². The largest absolute Gasteiger partial charge is 0.352 e. The van der Waals surface area contributed by atoms with Gasteiger partial charge in [-0.3, -0.25) is 13.9 Å². The maximum atomic E-state index is 14.6. The van der Waals surface area contributed by atoms with Gasteiger partial charge in [-0.1, -0.05) is 109 Å². The Morgan fingerprint density at radius 1 is 0.787 bits per heavy atom. The van der Waals surface area contributed by atoms with E-state index >= 15 is 0 Å². The molecule has 1 saturated carbocycles. The molecule has 4 aromatic rings. The summed E-state index contributed by atoms with van der Waals surface area (Å²) in [6.07, 6.45) is 5.29. The molecule has 246 valence electrons. The number of carbonyl (C=O) groups excluding carboxylic acids is 2. The van der Waals surface area contributed by atoms with Crippen LogP contribution in [-0.2, 0) is 32.6 Å². The third kappa shape index (κ3) is 9.02. The summed E-state index contributed by atoms with van der Waals surface area (Å²) in [6.45, 7) is 3.41. The molecule has 0 radical (unpaired) electrons. The van der Waals surface area contributed by atoms with Gasteiger partial charge in [-0.2, -0.15) is 0 Å². The van der Waals surface area contributed by atoms with Crippen molar-refractivity contribution in [1.29, 1.82) is 0 Å². The first-order valence-corrected chi connectivity index (χ1v) is 18.0. The number of carbonyl (C=O) groups is 2. The minimum Gasteiger partial charge on any atom is -0.352 e. The van der Waals surface area contributed by atoms with Crippen LogP contribution >= 0.6 is 11.6 Å². The van der Waals surface area contributed by atoms with Crippen molar-refractivity contribution in [2.75, 3.05) is 10.8 Å². The number of halogens is 1. The number of nitrogens with zero attached hydrogens (tertiary/aromatic N) is 2. The number of sulfonamides is 1. The minimum atomic E-state index is -4.15. The van der Waals surface area contributed by atoms with Crippen molar-refractivity contribution in [2.45, 2.75) is 75.9 Å². The van der Waals surface area contributed by atoms with Crippen molar-refractivity contribution in [3.05, 3.63) is 130 Å². The molecule has 1 N–H and O–H groups in total. The van der Waals surface area contributed by atoms with Crippen molar-refractivity contribution < 1.29 is 18.0 Å². The molecule has 1 aliphatic rings. The molecule has 0 saturated heterocycles. The van der Waals surface area contributed by atoms with Crippen molar-refractivity contribution in [3.63, 3.8) is 0 Å². The molecule has 0 aliphatic heterocycles. The Balaban J connectivity index is 1.55. The van der Waals surface area contributed by atoms with Gasteiger partial charge in [0.2, 0.25) is 11.8 Å². The summed E-state index contributed by atoms with van der Waals surface area (Å²) in [4.78, 5) is 30.4. The summed E-state index contributed by atoms with van der Waals surface area (Å²) in [5, 5.41) is 3.79. The second-order valence-electron chi connectivity index (χ2n) is 12.4. The highest BCUT2D eigenvalue weighted by Crippen LogP contribution is 2.26. The smallest absolute Gasteiger partial charge is 0.264 e. The summed E-state index contributed by atoms with van der Waals surface area (Å²) in [5.74, 6) is -0.734. The molecule has 2 amide bonds. The quantitative estimate of drug-likeness (QED) is 0.172. The molecule has 1 aliphatic carbocycles. The zero-order valence-electron chi connectivity index (χ0n) is 26.9. The van der Waals surface area contributed by atoms with Gasteiger partial charge < -0.3 is 10.2 Å². The third-order valence-corrected chi connectivity index (χ3v) is 10.7. The van der Waals surface area contributed by atoms with Crippen LogP contribution in [0.4, 0.5) is 5.69 Å². The van der Waals surface area contributed by atoms with Crippen LogP contribution in [0.1, 0.15) is 54.4 Å². The molecule has 0 bridgehead atoms. The SMILES string of the molecule is Cc1ccc(N(CC(=O)N(Cc2ccc(Cl)cc2)[C@@H](Cc2ccccc2)C(=O)NC2CCCCC2)S(=O)(=O)c2ccc(C)cc2)cc1. The fraction of sp³-hybridized carbons (Fsp3) is 0.316. The lowest BCUT2D eigenvalue weighted by Gasteiger charge is -2.35. The van der Waals surface area contributed by atoms with E-state index in [1.807, 2.05) is 68.4 Å². The van der Waals surface area contributed by atoms with Crippen LogP contribution in [0.15, 0.2) is 108 Å². The molecule has 5 rings (SSSR count). The first-order valence-electron chi connectivity index (χ1n) is 16.1. The van der Waals surface area contributed by atoms with Crippen molar-refractivity contribution in [2.24, 2.45) is 0 Å². The topological polar surface area (TPSA) is 86.8 Å². The highest BCUT2D eigenvalue weighted by atomic mass is 35.5. The summed E-state index contributed by atoms with van der Waals surface area (Å²) in [5.41, 5.74) is 3.91. The molecule has 0 unspecified atom stereocenters. The highest BCUT2D eigenvalue weighted by Gasteiger charge is 2.35. The maximum absolute atomic E-state index is 14.6. The monoisotopic (exact) mass is 671 g/mol. The average Bonchev–Trinajstić information content (AvgIpc) is 3.07. The molecular weight excluding hydrogens is 630 g/mol. The van der Waals surface area contributed by atoms with E-state index in [0.717, 1.165) is 58.7 Å². The van der Waals surface area contributed by atoms with E-state index in [1.165, 1.54) is 4.90 Å². The Kier molecular flexibility index (Phi) is 11.4. The predicted octanol–water partition coefficient (Wildman–Crippen LogP) is 7.24. The van der Waals surface area contributed by atoms with Crippen LogP contribution in [0.2, 0.25) is 5.02 Å². The fourth-order valence-electron chi connectivity index (χ4n) is 5.96. The second kappa shape index (κ2) is 15.6. The lowest BCUT2D eigenvalue weighted by atomic mass is 9.94. The maximum Gasteiger partial charge on any atom is 0.264 e. The molecular formula is C38H42ClN3O4S. The molecule has 0 spiro atoms. The lowest BCUT2D eigenvalue weighted by Crippen LogP contribution is -2.55. The number of rotatable bonds is 12. The number of amides is 2. The van der Waals surface area contributed by atoms with Gasteiger partial charge in [-0.25, -0.2) is 8.42 Å². The van der Waals surface area contributed by atoms with E-state index in [9.17, 15) is 18.0 Å². The normalized spacial score (nSPS) is 14.3.